The molecule has 1 aliphatic heterocycles. The van der Waals surface area contributed by atoms with E-state index in [1.165, 1.54) is 6.07 Å². The highest BCUT2D eigenvalue weighted by molar-refractivity contribution is 6.31. The Balaban J connectivity index is 1.43. The standard InChI is InChI=1S/C21H22Cl2N4O4/c22-16-5-3-15(4-6-16)21(29)24-9-1-2-20(28)26-12-10-25(11-13-26)18-8-7-17(23)14-19(18)27(30)31/h3-8,14H,1-2,9-13H2,(H,24,29). The van der Waals surface area contributed by atoms with Crippen molar-refractivity contribution in [2.45, 2.75) is 12.8 Å². The van der Waals surface area contributed by atoms with E-state index in [-0.39, 0.29) is 17.5 Å². The molecule has 0 spiro atoms. The summed E-state index contributed by atoms with van der Waals surface area (Å²) in [7, 11) is 0. The van der Waals surface area contributed by atoms with E-state index in [0.717, 1.165) is 0 Å². The number of nitro groups is 1. The van der Waals surface area contributed by atoms with E-state index in [0.29, 0.717) is 66.9 Å². The summed E-state index contributed by atoms with van der Waals surface area (Å²) in [5, 5.41) is 15.0. The van der Waals surface area contributed by atoms with E-state index in [2.05, 4.69) is 5.32 Å². The summed E-state index contributed by atoms with van der Waals surface area (Å²) in [4.78, 5) is 39.0. The maximum atomic E-state index is 12.5. The van der Waals surface area contributed by atoms with Crippen molar-refractivity contribution in [2.75, 3.05) is 37.6 Å². The van der Waals surface area contributed by atoms with Gasteiger partial charge >= 0.3 is 0 Å². The van der Waals surface area contributed by atoms with Gasteiger partial charge in [-0.1, -0.05) is 23.2 Å². The van der Waals surface area contributed by atoms with Crippen LogP contribution in [0.25, 0.3) is 0 Å². The molecule has 3 rings (SSSR count). The van der Waals surface area contributed by atoms with E-state index in [9.17, 15) is 19.7 Å². The number of benzene rings is 2. The predicted molar refractivity (Wildman–Crippen MR) is 120 cm³/mol. The Labute approximate surface area is 189 Å². The van der Waals surface area contributed by atoms with Gasteiger partial charge < -0.3 is 15.1 Å². The molecule has 2 aromatic carbocycles. The number of nitro benzene ring substituents is 1. The summed E-state index contributed by atoms with van der Waals surface area (Å²) in [5.74, 6) is -0.201. The fourth-order valence-electron chi connectivity index (χ4n) is 3.41. The minimum Gasteiger partial charge on any atom is -0.362 e. The number of amides is 2. The summed E-state index contributed by atoms with van der Waals surface area (Å²) in [6.45, 7) is 2.36. The average Bonchev–Trinajstić information content (AvgIpc) is 2.77. The topological polar surface area (TPSA) is 95.8 Å². The van der Waals surface area contributed by atoms with Gasteiger partial charge in [0.2, 0.25) is 5.91 Å². The molecule has 0 unspecified atom stereocenters. The number of nitrogens with zero attached hydrogens (tertiary/aromatic N) is 3. The first-order valence-electron chi connectivity index (χ1n) is 9.85. The van der Waals surface area contributed by atoms with Crippen molar-refractivity contribution in [3.05, 3.63) is 68.2 Å². The van der Waals surface area contributed by atoms with Gasteiger partial charge in [-0.2, -0.15) is 0 Å². The lowest BCUT2D eigenvalue weighted by molar-refractivity contribution is -0.384. The van der Waals surface area contributed by atoms with Crippen LogP contribution in [-0.4, -0.2) is 54.4 Å². The van der Waals surface area contributed by atoms with Crippen molar-refractivity contribution in [1.82, 2.24) is 10.2 Å². The van der Waals surface area contributed by atoms with E-state index < -0.39 is 4.92 Å². The first-order valence-corrected chi connectivity index (χ1v) is 10.6. The number of nitrogens with one attached hydrogen (secondary N) is 1. The first-order chi connectivity index (χ1) is 14.8. The third kappa shape index (κ3) is 6.08. The SMILES string of the molecule is O=C(NCCCC(=O)N1CCN(c2ccc(Cl)cc2[N+](=O)[O-])CC1)c1ccc(Cl)cc1. The van der Waals surface area contributed by atoms with Crippen LogP contribution in [0.1, 0.15) is 23.2 Å². The number of rotatable bonds is 7. The average molecular weight is 465 g/mol. The van der Waals surface area contributed by atoms with Crippen LogP contribution in [0.4, 0.5) is 11.4 Å². The summed E-state index contributed by atoms with van der Waals surface area (Å²) in [5.41, 5.74) is 0.984. The Hall–Kier alpha value is -2.84. The lowest BCUT2D eigenvalue weighted by atomic mass is 10.2. The minimum atomic E-state index is -0.447. The molecule has 0 aromatic heterocycles. The van der Waals surface area contributed by atoms with Gasteiger partial charge in [-0.15, -0.1) is 0 Å². The van der Waals surface area contributed by atoms with Crippen molar-refractivity contribution in [3.63, 3.8) is 0 Å². The zero-order chi connectivity index (χ0) is 22.4. The molecule has 0 radical (unpaired) electrons. The first kappa shape index (κ1) is 22.8. The highest BCUT2D eigenvalue weighted by atomic mass is 35.5. The Morgan fingerprint density at radius 3 is 2.29 bits per heavy atom. The third-order valence-corrected chi connectivity index (χ3v) is 5.55. The fraction of sp³-hybridized carbons (Fsp3) is 0.333. The van der Waals surface area contributed by atoms with E-state index >= 15 is 0 Å². The number of halogens is 2. The van der Waals surface area contributed by atoms with Crippen LogP contribution in [0.2, 0.25) is 10.0 Å². The highest BCUT2D eigenvalue weighted by Crippen LogP contribution is 2.31. The molecule has 164 valence electrons. The summed E-state index contributed by atoms with van der Waals surface area (Å²) < 4.78 is 0. The van der Waals surface area contributed by atoms with Crippen molar-refractivity contribution in [2.24, 2.45) is 0 Å². The van der Waals surface area contributed by atoms with Crippen LogP contribution in [0.5, 0.6) is 0 Å². The predicted octanol–water partition coefficient (Wildman–Crippen LogP) is 3.76. The van der Waals surface area contributed by atoms with E-state index in [1.54, 1.807) is 41.3 Å². The van der Waals surface area contributed by atoms with Crippen LogP contribution < -0.4 is 10.2 Å². The molecule has 2 aromatic rings. The third-order valence-electron chi connectivity index (χ3n) is 5.07. The monoisotopic (exact) mass is 464 g/mol. The summed E-state index contributed by atoms with van der Waals surface area (Å²) in [6, 6.07) is 11.2. The van der Waals surface area contributed by atoms with Crippen molar-refractivity contribution in [1.29, 1.82) is 0 Å². The zero-order valence-electron chi connectivity index (χ0n) is 16.7. The zero-order valence-corrected chi connectivity index (χ0v) is 18.2. The summed E-state index contributed by atoms with van der Waals surface area (Å²) in [6.07, 6.45) is 0.850. The van der Waals surface area contributed by atoms with E-state index in [1.807, 2.05) is 4.90 Å². The summed E-state index contributed by atoms with van der Waals surface area (Å²) >= 11 is 11.7. The molecule has 1 N–H and O–H groups in total. The molecule has 0 aliphatic carbocycles. The maximum Gasteiger partial charge on any atom is 0.294 e. The lowest BCUT2D eigenvalue weighted by Gasteiger charge is -2.36. The van der Waals surface area contributed by atoms with Crippen molar-refractivity contribution in [3.8, 4) is 0 Å². The molecule has 1 fully saturated rings. The second-order valence-corrected chi connectivity index (χ2v) is 8.00. The molecular formula is C21H22Cl2N4O4. The van der Waals surface area contributed by atoms with Crippen molar-refractivity contribution < 1.29 is 14.5 Å². The molecule has 1 aliphatic rings. The molecule has 2 amide bonds. The Morgan fingerprint density at radius 2 is 1.65 bits per heavy atom. The number of carbonyl (C=O) groups excluding carboxylic acids is 2. The molecule has 1 saturated heterocycles. The Morgan fingerprint density at radius 1 is 1.00 bits per heavy atom. The Kier molecular flexibility index (Phi) is 7.70. The van der Waals surface area contributed by atoms with Gasteiger partial charge in [0, 0.05) is 60.8 Å². The molecule has 0 saturated carbocycles. The van der Waals surface area contributed by atoms with Gasteiger partial charge in [0.15, 0.2) is 0 Å². The van der Waals surface area contributed by atoms with Gasteiger partial charge in [-0.05, 0) is 42.8 Å². The Bertz CT molecular complexity index is 960. The molecule has 8 nitrogen and oxygen atoms in total. The molecule has 0 bridgehead atoms. The number of piperazine rings is 1. The number of carbonyl (C=O) groups is 2. The van der Waals surface area contributed by atoms with Gasteiger partial charge in [0.25, 0.3) is 11.6 Å². The van der Waals surface area contributed by atoms with Crippen LogP contribution >= 0.6 is 23.2 Å². The largest absolute Gasteiger partial charge is 0.362 e. The van der Waals surface area contributed by atoms with E-state index in [4.69, 9.17) is 23.2 Å². The van der Waals surface area contributed by atoms with Gasteiger partial charge in [-0.3, -0.25) is 19.7 Å². The number of hydrogen-bond donors (Lipinski definition) is 1. The lowest BCUT2D eigenvalue weighted by Crippen LogP contribution is -2.49. The normalized spacial score (nSPS) is 13.7. The quantitative estimate of drug-likeness (QED) is 0.382. The van der Waals surface area contributed by atoms with Crippen LogP contribution in [0.15, 0.2) is 42.5 Å². The molecular weight excluding hydrogens is 443 g/mol. The van der Waals surface area contributed by atoms with Crippen LogP contribution in [-0.2, 0) is 4.79 Å². The van der Waals surface area contributed by atoms with Crippen molar-refractivity contribution >= 4 is 46.4 Å². The molecule has 31 heavy (non-hydrogen) atoms. The van der Waals surface area contributed by atoms with Crippen LogP contribution in [0, 0.1) is 10.1 Å². The van der Waals surface area contributed by atoms with Gasteiger partial charge in [0.05, 0.1) is 4.92 Å². The highest BCUT2D eigenvalue weighted by Gasteiger charge is 2.25. The fourth-order valence-corrected chi connectivity index (χ4v) is 3.70. The molecule has 10 heteroatoms. The smallest absolute Gasteiger partial charge is 0.294 e. The van der Waals surface area contributed by atoms with Crippen LogP contribution in [0.3, 0.4) is 0 Å². The number of anilines is 1. The number of hydrogen-bond acceptors (Lipinski definition) is 5. The second kappa shape index (κ2) is 10.5. The van der Waals surface area contributed by atoms with Gasteiger partial charge in [-0.25, -0.2) is 0 Å². The molecule has 0 atom stereocenters. The maximum absolute atomic E-state index is 12.5. The second-order valence-electron chi connectivity index (χ2n) is 7.12. The minimum absolute atomic E-state index is 0.00555. The molecule has 1 heterocycles. The van der Waals surface area contributed by atoms with Gasteiger partial charge in [0.1, 0.15) is 5.69 Å².